The molecular weight excluding hydrogens is 385 g/mol. The first kappa shape index (κ1) is 16.4. The molecule has 0 saturated carbocycles. The highest BCUT2D eigenvalue weighted by Gasteiger charge is 2.22. The van der Waals surface area contributed by atoms with E-state index in [9.17, 15) is 0 Å². The van der Waals surface area contributed by atoms with Crippen LogP contribution in [0.25, 0.3) is 0 Å². The standard InChI is InChI=1S/C13H6Cl6O/c14-8-5-10(15)12(11(16)6-8)20-9-3-1-7(2-4-9)13(17,18)19/h1-6H. The first-order chi connectivity index (χ1) is 9.27. The van der Waals surface area contributed by atoms with Gasteiger partial charge >= 0.3 is 0 Å². The van der Waals surface area contributed by atoms with Crippen LogP contribution in [0.15, 0.2) is 36.4 Å². The summed E-state index contributed by atoms with van der Waals surface area (Å²) in [5.41, 5.74) is 0.531. The summed E-state index contributed by atoms with van der Waals surface area (Å²) in [7, 11) is 0. The lowest BCUT2D eigenvalue weighted by molar-refractivity contribution is 0.483. The molecule has 106 valence electrons. The summed E-state index contributed by atoms with van der Waals surface area (Å²) in [6, 6.07) is 9.66. The molecule has 2 aromatic carbocycles. The Bertz CT molecular complexity index is 595. The zero-order chi connectivity index (χ0) is 14.9. The average Bonchev–Trinajstić information content (AvgIpc) is 2.33. The summed E-state index contributed by atoms with van der Waals surface area (Å²) in [6.07, 6.45) is 0. The topological polar surface area (TPSA) is 9.23 Å². The quantitative estimate of drug-likeness (QED) is 0.490. The van der Waals surface area contributed by atoms with Crippen molar-refractivity contribution in [3.63, 3.8) is 0 Å². The molecule has 0 radical (unpaired) electrons. The van der Waals surface area contributed by atoms with E-state index in [2.05, 4.69) is 0 Å². The molecule has 0 aliphatic heterocycles. The van der Waals surface area contributed by atoms with Gasteiger partial charge in [0, 0.05) is 10.6 Å². The van der Waals surface area contributed by atoms with Gasteiger partial charge in [0.15, 0.2) is 5.75 Å². The second kappa shape index (κ2) is 6.39. The van der Waals surface area contributed by atoms with Gasteiger partial charge in [-0.15, -0.1) is 0 Å². The maximum Gasteiger partial charge on any atom is 0.216 e. The van der Waals surface area contributed by atoms with Crippen LogP contribution in [0.5, 0.6) is 11.5 Å². The second-order valence-electron chi connectivity index (χ2n) is 3.82. The van der Waals surface area contributed by atoms with Gasteiger partial charge in [-0.3, -0.25) is 0 Å². The van der Waals surface area contributed by atoms with Crippen molar-refractivity contribution in [1.29, 1.82) is 0 Å². The average molecular weight is 391 g/mol. The summed E-state index contributed by atoms with van der Waals surface area (Å²) in [5.74, 6) is 0.827. The van der Waals surface area contributed by atoms with Crippen LogP contribution in [0.4, 0.5) is 0 Å². The number of hydrogen-bond donors (Lipinski definition) is 0. The molecule has 0 spiro atoms. The van der Waals surface area contributed by atoms with E-state index in [-0.39, 0.29) is 0 Å². The molecule has 0 aromatic heterocycles. The van der Waals surface area contributed by atoms with Crippen molar-refractivity contribution >= 4 is 69.6 Å². The Morgan fingerprint density at radius 3 is 1.75 bits per heavy atom. The Morgan fingerprint density at radius 1 is 0.800 bits per heavy atom. The SMILES string of the molecule is Clc1cc(Cl)c(Oc2ccc(C(Cl)(Cl)Cl)cc2)c(Cl)c1. The number of rotatable bonds is 2. The third-order valence-corrected chi connectivity index (χ3v) is 3.80. The van der Waals surface area contributed by atoms with Crippen LogP contribution in [-0.4, -0.2) is 0 Å². The van der Waals surface area contributed by atoms with Gasteiger partial charge in [0.2, 0.25) is 3.79 Å². The van der Waals surface area contributed by atoms with Crippen molar-refractivity contribution in [3.05, 3.63) is 57.0 Å². The number of hydrogen-bond acceptors (Lipinski definition) is 1. The number of ether oxygens (including phenoxy) is 1. The van der Waals surface area contributed by atoms with E-state index in [0.29, 0.717) is 32.1 Å². The van der Waals surface area contributed by atoms with E-state index in [1.807, 2.05) is 0 Å². The Kier molecular flexibility index (Phi) is 5.23. The molecule has 2 aromatic rings. The summed E-state index contributed by atoms with van der Waals surface area (Å²) < 4.78 is 4.13. The highest BCUT2D eigenvalue weighted by atomic mass is 35.6. The van der Waals surface area contributed by atoms with Gasteiger partial charge in [0.1, 0.15) is 5.75 Å². The minimum Gasteiger partial charge on any atom is -0.454 e. The van der Waals surface area contributed by atoms with Crippen LogP contribution >= 0.6 is 69.6 Å². The Balaban J connectivity index is 2.27. The molecule has 0 atom stereocenters. The molecular formula is C13H6Cl6O. The van der Waals surface area contributed by atoms with Crippen LogP contribution in [-0.2, 0) is 3.79 Å². The predicted octanol–water partition coefficient (Wildman–Crippen LogP) is 7.27. The minimum atomic E-state index is -1.48. The molecule has 7 heteroatoms. The van der Waals surface area contributed by atoms with E-state index < -0.39 is 3.79 Å². The smallest absolute Gasteiger partial charge is 0.216 e. The largest absolute Gasteiger partial charge is 0.454 e. The molecule has 20 heavy (non-hydrogen) atoms. The summed E-state index contributed by atoms with van der Waals surface area (Å²) >= 11 is 35.2. The maximum absolute atomic E-state index is 6.03. The zero-order valence-corrected chi connectivity index (χ0v) is 14.2. The van der Waals surface area contributed by atoms with Gasteiger partial charge < -0.3 is 4.74 Å². The molecule has 0 aliphatic carbocycles. The third kappa shape index (κ3) is 4.00. The molecule has 1 nitrogen and oxygen atoms in total. The van der Waals surface area contributed by atoms with Crippen LogP contribution in [0.2, 0.25) is 15.1 Å². The van der Waals surface area contributed by atoms with Crippen molar-refractivity contribution < 1.29 is 4.74 Å². The normalized spacial score (nSPS) is 11.5. The molecule has 0 amide bonds. The van der Waals surface area contributed by atoms with Gasteiger partial charge in [-0.2, -0.15) is 0 Å². The molecule has 0 fully saturated rings. The predicted molar refractivity (Wildman–Crippen MR) is 87.2 cm³/mol. The van der Waals surface area contributed by atoms with Gasteiger partial charge in [-0.25, -0.2) is 0 Å². The summed E-state index contributed by atoms with van der Waals surface area (Å²) in [4.78, 5) is 0. The third-order valence-electron chi connectivity index (χ3n) is 2.36. The van der Waals surface area contributed by atoms with E-state index in [4.69, 9.17) is 74.3 Å². The Hall–Kier alpha value is -0.0200. The van der Waals surface area contributed by atoms with Crippen molar-refractivity contribution in [2.24, 2.45) is 0 Å². The fourth-order valence-electron chi connectivity index (χ4n) is 1.46. The molecule has 0 aliphatic rings. The first-order valence-electron chi connectivity index (χ1n) is 5.27. The molecule has 2 rings (SSSR count). The first-order valence-corrected chi connectivity index (χ1v) is 7.54. The molecule has 0 N–H and O–H groups in total. The Morgan fingerprint density at radius 2 is 1.30 bits per heavy atom. The lowest BCUT2D eigenvalue weighted by atomic mass is 10.2. The van der Waals surface area contributed by atoms with E-state index in [1.165, 1.54) is 0 Å². The fourth-order valence-corrected chi connectivity index (χ4v) is 2.73. The molecule has 0 saturated heterocycles. The lowest BCUT2D eigenvalue weighted by Gasteiger charge is -2.13. The number of benzene rings is 2. The summed E-state index contributed by atoms with van der Waals surface area (Å²) in [5, 5.41) is 1.06. The summed E-state index contributed by atoms with van der Waals surface area (Å²) in [6.45, 7) is 0. The molecule has 0 bridgehead atoms. The van der Waals surface area contributed by atoms with Gasteiger partial charge in [0.25, 0.3) is 0 Å². The van der Waals surface area contributed by atoms with Crippen LogP contribution in [0.3, 0.4) is 0 Å². The highest BCUT2D eigenvalue weighted by Crippen LogP contribution is 2.41. The van der Waals surface area contributed by atoms with Crippen molar-refractivity contribution in [3.8, 4) is 11.5 Å². The fraction of sp³-hybridized carbons (Fsp3) is 0.0769. The van der Waals surface area contributed by atoms with Crippen molar-refractivity contribution in [2.45, 2.75) is 3.79 Å². The van der Waals surface area contributed by atoms with Crippen molar-refractivity contribution in [2.75, 3.05) is 0 Å². The minimum absolute atomic E-state index is 0.313. The number of alkyl halides is 3. The van der Waals surface area contributed by atoms with Gasteiger partial charge in [-0.1, -0.05) is 81.7 Å². The highest BCUT2D eigenvalue weighted by molar-refractivity contribution is 6.66. The van der Waals surface area contributed by atoms with Crippen LogP contribution < -0.4 is 4.74 Å². The second-order valence-corrected chi connectivity index (χ2v) is 7.35. The van der Waals surface area contributed by atoms with Crippen molar-refractivity contribution in [1.82, 2.24) is 0 Å². The van der Waals surface area contributed by atoms with E-state index in [1.54, 1.807) is 36.4 Å². The Labute approximate surface area is 146 Å². The molecule has 0 heterocycles. The maximum atomic E-state index is 6.03. The van der Waals surface area contributed by atoms with Crippen LogP contribution in [0, 0.1) is 0 Å². The lowest BCUT2D eigenvalue weighted by Crippen LogP contribution is -1.99. The van der Waals surface area contributed by atoms with Gasteiger partial charge in [-0.05, 0) is 24.3 Å². The number of halogens is 6. The van der Waals surface area contributed by atoms with Crippen LogP contribution in [0.1, 0.15) is 5.56 Å². The van der Waals surface area contributed by atoms with E-state index in [0.717, 1.165) is 0 Å². The monoisotopic (exact) mass is 388 g/mol. The zero-order valence-electron chi connectivity index (χ0n) is 9.64. The van der Waals surface area contributed by atoms with Gasteiger partial charge in [0.05, 0.1) is 10.0 Å². The van der Waals surface area contributed by atoms with E-state index >= 15 is 0 Å². The molecule has 0 unspecified atom stereocenters.